The fourth-order valence-electron chi connectivity index (χ4n) is 1.98. The Morgan fingerprint density at radius 2 is 2.24 bits per heavy atom. The van der Waals surface area contributed by atoms with Gasteiger partial charge in [-0.3, -0.25) is 4.57 Å². The van der Waals surface area contributed by atoms with Crippen LogP contribution in [0.15, 0.2) is 30.7 Å². The Morgan fingerprint density at radius 3 is 2.94 bits per heavy atom. The Hall–Kier alpha value is -1.39. The number of halogens is 2. The summed E-state index contributed by atoms with van der Waals surface area (Å²) in [6.45, 7) is 1.82. The first-order valence-electron chi connectivity index (χ1n) is 5.44. The van der Waals surface area contributed by atoms with Gasteiger partial charge in [0.25, 0.3) is 0 Å². The maximum absolute atomic E-state index is 13.8. The van der Waals surface area contributed by atoms with E-state index in [1.165, 1.54) is 6.07 Å². The van der Waals surface area contributed by atoms with E-state index in [-0.39, 0.29) is 5.82 Å². The fraction of sp³-hybridized carbons (Fsp3) is 0.250. The number of benzene rings is 1. The van der Waals surface area contributed by atoms with Gasteiger partial charge in [-0.25, -0.2) is 9.37 Å². The minimum atomic E-state index is -0.291. The smallest absolute Gasteiger partial charge is 0.147 e. The van der Waals surface area contributed by atoms with Crippen LogP contribution in [0.1, 0.15) is 11.6 Å². The molecule has 0 spiro atoms. The molecule has 1 N–H and O–H groups in total. The van der Waals surface area contributed by atoms with Crippen molar-refractivity contribution in [3.63, 3.8) is 0 Å². The summed E-state index contributed by atoms with van der Waals surface area (Å²) in [6.07, 6.45) is 3.41. The molecule has 0 radical (unpaired) electrons. The van der Waals surface area contributed by atoms with Gasteiger partial charge in [-0.1, -0.05) is 11.6 Å². The second-order valence-electron chi connectivity index (χ2n) is 4.14. The third kappa shape index (κ3) is 1.83. The highest BCUT2D eigenvalue weighted by molar-refractivity contribution is 6.30. The minimum Gasteiger partial charge on any atom is -0.315 e. The molecule has 5 heteroatoms. The lowest BCUT2D eigenvalue weighted by Crippen LogP contribution is -2.40. The van der Waals surface area contributed by atoms with Crippen LogP contribution < -0.4 is 5.32 Å². The molecule has 1 saturated heterocycles. The summed E-state index contributed by atoms with van der Waals surface area (Å²) in [4.78, 5) is 4.10. The molecular formula is C12H11ClFN3. The van der Waals surface area contributed by atoms with Crippen LogP contribution in [-0.2, 0) is 0 Å². The molecule has 0 amide bonds. The maximum Gasteiger partial charge on any atom is 0.147 e. The number of imidazole rings is 1. The molecule has 1 aromatic carbocycles. The molecule has 1 aliphatic rings. The third-order valence-electron chi connectivity index (χ3n) is 3.03. The molecule has 88 valence electrons. The van der Waals surface area contributed by atoms with E-state index < -0.39 is 0 Å². The van der Waals surface area contributed by atoms with E-state index in [0.29, 0.717) is 16.6 Å². The fourth-order valence-corrected chi connectivity index (χ4v) is 2.14. The Kier molecular flexibility index (Phi) is 2.61. The second kappa shape index (κ2) is 4.13. The zero-order valence-electron chi connectivity index (χ0n) is 9.03. The normalized spacial score (nSPS) is 15.9. The predicted molar refractivity (Wildman–Crippen MR) is 64.1 cm³/mol. The second-order valence-corrected chi connectivity index (χ2v) is 4.58. The SMILES string of the molecule is Fc1ccc(Cl)cc1-n1cncc1C1CNC1. The van der Waals surface area contributed by atoms with Gasteiger partial charge in [-0.2, -0.15) is 0 Å². The molecule has 0 bridgehead atoms. The monoisotopic (exact) mass is 251 g/mol. The van der Waals surface area contributed by atoms with Crippen molar-refractivity contribution >= 4 is 11.6 Å². The molecule has 3 rings (SSSR count). The number of hydrogen-bond acceptors (Lipinski definition) is 2. The van der Waals surface area contributed by atoms with E-state index in [1.54, 1.807) is 29.2 Å². The van der Waals surface area contributed by atoms with Crippen LogP contribution in [0.2, 0.25) is 5.02 Å². The summed E-state index contributed by atoms with van der Waals surface area (Å²) in [5.41, 5.74) is 1.47. The van der Waals surface area contributed by atoms with Gasteiger partial charge >= 0.3 is 0 Å². The molecule has 3 nitrogen and oxygen atoms in total. The average molecular weight is 252 g/mol. The maximum atomic E-state index is 13.8. The number of nitrogens with zero attached hydrogens (tertiary/aromatic N) is 2. The molecule has 0 aliphatic carbocycles. The first-order chi connectivity index (χ1) is 8.25. The summed E-state index contributed by atoms with van der Waals surface area (Å²) in [6, 6.07) is 4.54. The van der Waals surface area contributed by atoms with E-state index in [2.05, 4.69) is 10.3 Å². The summed E-state index contributed by atoms with van der Waals surface area (Å²) in [7, 11) is 0. The van der Waals surface area contributed by atoms with Crippen LogP contribution in [0.25, 0.3) is 5.69 Å². The van der Waals surface area contributed by atoms with Gasteiger partial charge < -0.3 is 5.32 Å². The Bertz CT molecular complexity index is 548. The van der Waals surface area contributed by atoms with Gasteiger partial charge in [-0.15, -0.1) is 0 Å². The summed E-state index contributed by atoms with van der Waals surface area (Å²) < 4.78 is 15.5. The number of nitrogens with one attached hydrogen (secondary N) is 1. The lowest BCUT2D eigenvalue weighted by Gasteiger charge is -2.27. The van der Waals surface area contributed by atoms with Crippen LogP contribution in [0.3, 0.4) is 0 Å². The quantitative estimate of drug-likeness (QED) is 0.888. The zero-order valence-corrected chi connectivity index (χ0v) is 9.78. The summed E-state index contributed by atoms with van der Waals surface area (Å²) in [5, 5.41) is 3.71. The molecule has 2 aromatic rings. The van der Waals surface area contributed by atoms with Crippen molar-refractivity contribution in [2.75, 3.05) is 13.1 Å². The first-order valence-corrected chi connectivity index (χ1v) is 5.82. The molecule has 1 aromatic heterocycles. The minimum absolute atomic E-state index is 0.291. The standard InChI is InChI=1S/C12H11ClFN3/c13-9-1-2-10(14)11(3-9)17-7-16-6-12(17)8-4-15-5-8/h1-3,6-8,15H,4-5H2. The van der Waals surface area contributed by atoms with E-state index >= 15 is 0 Å². The number of hydrogen-bond donors (Lipinski definition) is 1. The Morgan fingerprint density at radius 1 is 1.41 bits per heavy atom. The molecule has 2 heterocycles. The lowest BCUT2D eigenvalue weighted by molar-refractivity contribution is 0.434. The van der Waals surface area contributed by atoms with Crippen molar-refractivity contribution in [2.45, 2.75) is 5.92 Å². The lowest BCUT2D eigenvalue weighted by atomic mass is 10.00. The predicted octanol–water partition coefficient (Wildman–Crippen LogP) is 2.35. The van der Waals surface area contributed by atoms with Crippen molar-refractivity contribution in [3.8, 4) is 5.69 Å². The molecule has 1 aliphatic heterocycles. The van der Waals surface area contributed by atoms with E-state index in [9.17, 15) is 4.39 Å². The van der Waals surface area contributed by atoms with Crippen molar-refractivity contribution in [1.82, 2.24) is 14.9 Å². The molecule has 0 atom stereocenters. The zero-order chi connectivity index (χ0) is 11.8. The third-order valence-corrected chi connectivity index (χ3v) is 3.27. The molecular weight excluding hydrogens is 241 g/mol. The van der Waals surface area contributed by atoms with Crippen LogP contribution >= 0.6 is 11.6 Å². The number of rotatable bonds is 2. The highest BCUT2D eigenvalue weighted by Crippen LogP contribution is 2.25. The van der Waals surface area contributed by atoms with Gasteiger partial charge in [0.1, 0.15) is 5.82 Å². The van der Waals surface area contributed by atoms with Gasteiger partial charge in [0.05, 0.1) is 12.0 Å². The van der Waals surface area contributed by atoms with E-state index in [1.807, 2.05) is 0 Å². The van der Waals surface area contributed by atoms with Crippen LogP contribution in [0.5, 0.6) is 0 Å². The topological polar surface area (TPSA) is 29.9 Å². The largest absolute Gasteiger partial charge is 0.315 e. The van der Waals surface area contributed by atoms with Crippen molar-refractivity contribution in [3.05, 3.63) is 47.3 Å². The average Bonchev–Trinajstić information content (AvgIpc) is 2.68. The Labute approximate surface area is 103 Å². The van der Waals surface area contributed by atoms with Gasteiger partial charge in [0, 0.05) is 35.9 Å². The summed E-state index contributed by atoms with van der Waals surface area (Å²) in [5.74, 6) is 0.108. The molecule has 0 unspecified atom stereocenters. The van der Waals surface area contributed by atoms with Crippen molar-refractivity contribution in [1.29, 1.82) is 0 Å². The Balaban J connectivity index is 2.08. The summed E-state index contributed by atoms with van der Waals surface area (Å²) >= 11 is 5.90. The highest BCUT2D eigenvalue weighted by atomic mass is 35.5. The van der Waals surface area contributed by atoms with Crippen molar-refractivity contribution < 1.29 is 4.39 Å². The van der Waals surface area contributed by atoms with Crippen LogP contribution in [0, 0.1) is 5.82 Å². The van der Waals surface area contributed by atoms with Gasteiger partial charge in [0.2, 0.25) is 0 Å². The highest BCUT2D eigenvalue weighted by Gasteiger charge is 2.23. The van der Waals surface area contributed by atoms with Crippen LogP contribution in [-0.4, -0.2) is 22.6 Å². The van der Waals surface area contributed by atoms with E-state index in [4.69, 9.17) is 11.6 Å². The van der Waals surface area contributed by atoms with Gasteiger partial charge in [0.15, 0.2) is 0 Å². The molecule has 0 saturated carbocycles. The molecule has 1 fully saturated rings. The van der Waals surface area contributed by atoms with Crippen molar-refractivity contribution in [2.24, 2.45) is 0 Å². The molecule has 17 heavy (non-hydrogen) atoms. The number of aromatic nitrogens is 2. The first kappa shape index (κ1) is 10.7. The van der Waals surface area contributed by atoms with Gasteiger partial charge in [-0.05, 0) is 18.2 Å². The van der Waals surface area contributed by atoms with E-state index in [0.717, 1.165) is 18.8 Å². The van der Waals surface area contributed by atoms with Crippen LogP contribution in [0.4, 0.5) is 4.39 Å².